The second-order valence-electron chi connectivity index (χ2n) is 4.70. The molecule has 1 atom stereocenters. The van der Waals surface area contributed by atoms with Crippen molar-refractivity contribution in [1.82, 2.24) is 4.72 Å². The van der Waals surface area contributed by atoms with Gasteiger partial charge in [0, 0.05) is 23.3 Å². The van der Waals surface area contributed by atoms with Gasteiger partial charge in [-0.1, -0.05) is 13.3 Å². The van der Waals surface area contributed by atoms with Gasteiger partial charge in [-0.25, -0.2) is 13.1 Å². The molecule has 1 aromatic carbocycles. The Morgan fingerprint density at radius 1 is 1.40 bits per heavy atom. The van der Waals surface area contributed by atoms with E-state index >= 15 is 0 Å². The Morgan fingerprint density at radius 3 is 2.65 bits per heavy atom. The van der Waals surface area contributed by atoms with Gasteiger partial charge in [-0.2, -0.15) is 0 Å². The maximum Gasteiger partial charge on any atom is 0.240 e. The molecule has 0 amide bonds. The SMILES string of the molecule is CCCC(CCO)CNS(=O)(=O)c1ccc(N)c(Br)c1. The van der Waals surface area contributed by atoms with Gasteiger partial charge < -0.3 is 10.8 Å². The van der Waals surface area contributed by atoms with E-state index in [2.05, 4.69) is 20.7 Å². The second kappa shape index (κ2) is 7.97. The average Bonchev–Trinajstić information content (AvgIpc) is 2.39. The summed E-state index contributed by atoms with van der Waals surface area (Å²) in [5.74, 6) is 0.150. The number of nitrogens with one attached hydrogen (secondary N) is 1. The zero-order chi connectivity index (χ0) is 15.2. The van der Waals surface area contributed by atoms with Crippen LogP contribution in [0.15, 0.2) is 27.6 Å². The predicted octanol–water partition coefficient (Wildman–Crippen LogP) is 2.11. The minimum absolute atomic E-state index is 0.0693. The third kappa shape index (κ3) is 5.05. The van der Waals surface area contributed by atoms with Crippen molar-refractivity contribution in [2.75, 3.05) is 18.9 Å². The van der Waals surface area contributed by atoms with Crippen LogP contribution in [-0.4, -0.2) is 26.7 Å². The topological polar surface area (TPSA) is 92.4 Å². The monoisotopic (exact) mass is 364 g/mol. The predicted molar refractivity (Wildman–Crippen MR) is 83.8 cm³/mol. The molecule has 7 heteroatoms. The van der Waals surface area contributed by atoms with Gasteiger partial charge in [-0.15, -0.1) is 0 Å². The van der Waals surface area contributed by atoms with Crippen LogP contribution in [0.3, 0.4) is 0 Å². The Labute approximate surface area is 128 Å². The molecule has 0 heterocycles. The van der Waals surface area contributed by atoms with Gasteiger partial charge in [0.25, 0.3) is 0 Å². The number of aliphatic hydroxyl groups is 1. The van der Waals surface area contributed by atoms with Gasteiger partial charge >= 0.3 is 0 Å². The van der Waals surface area contributed by atoms with Crippen molar-refractivity contribution in [1.29, 1.82) is 0 Å². The summed E-state index contributed by atoms with van der Waals surface area (Å²) >= 11 is 3.22. The molecule has 1 aromatic rings. The molecule has 0 aliphatic rings. The van der Waals surface area contributed by atoms with Crippen molar-refractivity contribution in [2.24, 2.45) is 5.92 Å². The molecule has 0 radical (unpaired) electrons. The third-order valence-corrected chi connectivity index (χ3v) is 5.19. The Morgan fingerprint density at radius 2 is 2.10 bits per heavy atom. The average molecular weight is 365 g/mol. The molecular weight excluding hydrogens is 344 g/mol. The molecule has 0 saturated heterocycles. The highest BCUT2D eigenvalue weighted by atomic mass is 79.9. The van der Waals surface area contributed by atoms with Gasteiger partial charge in [0.15, 0.2) is 0 Å². The molecule has 4 N–H and O–H groups in total. The number of nitrogen functional groups attached to an aromatic ring is 1. The van der Waals surface area contributed by atoms with Crippen molar-refractivity contribution in [3.05, 3.63) is 22.7 Å². The Balaban J connectivity index is 2.75. The number of halogens is 1. The molecule has 1 rings (SSSR count). The second-order valence-corrected chi connectivity index (χ2v) is 7.32. The first-order valence-electron chi connectivity index (χ1n) is 6.56. The highest BCUT2D eigenvalue weighted by Crippen LogP contribution is 2.23. The van der Waals surface area contributed by atoms with Crippen LogP contribution in [0.4, 0.5) is 5.69 Å². The summed E-state index contributed by atoms with van der Waals surface area (Å²) in [6.07, 6.45) is 2.44. The van der Waals surface area contributed by atoms with E-state index in [-0.39, 0.29) is 17.4 Å². The smallest absolute Gasteiger partial charge is 0.240 e. The Hall–Kier alpha value is -0.630. The van der Waals surface area contributed by atoms with Crippen LogP contribution >= 0.6 is 15.9 Å². The van der Waals surface area contributed by atoms with E-state index in [4.69, 9.17) is 10.8 Å². The molecule has 20 heavy (non-hydrogen) atoms. The Bertz CT molecular complexity index is 528. The number of aliphatic hydroxyl groups excluding tert-OH is 1. The number of hydrogen-bond acceptors (Lipinski definition) is 4. The minimum Gasteiger partial charge on any atom is -0.398 e. The van der Waals surface area contributed by atoms with Crippen molar-refractivity contribution >= 4 is 31.6 Å². The number of nitrogens with two attached hydrogens (primary N) is 1. The zero-order valence-electron chi connectivity index (χ0n) is 11.5. The van der Waals surface area contributed by atoms with Crippen LogP contribution in [0.2, 0.25) is 0 Å². The highest BCUT2D eigenvalue weighted by Gasteiger charge is 2.17. The molecule has 114 valence electrons. The van der Waals surface area contributed by atoms with Crippen LogP contribution in [0.5, 0.6) is 0 Å². The van der Waals surface area contributed by atoms with Gasteiger partial charge in [-0.05, 0) is 52.9 Å². The van der Waals surface area contributed by atoms with Gasteiger partial charge in [0.05, 0.1) is 4.90 Å². The third-order valence-electron chi connectivity index (χ3n) is 3.08. The fraction of sp³-hybridized carbons (Fsp3) is 0.538. The summed E-state index contributed by atoms with van der Waals surface area (Å²) in [5.41, 5.74) is 6.14. The lowest BCUT2D eigenvalue weighted by atomic mass is 10.0. The quantitative estimate of drug-likeness (QED) is 0.615. The summed E-state index contributed by atoms with van der Waals surface area (Å²) in [6.45, 7) is 2.44. The van der Waals surface area contributed by atoms with Crippen LogP contribution in [0.25, 0.3) is 0 Å². The fourth-order valence-electron chi connectivity index (χ4n) is 1.93. The summed E-state index contributed by atoms with van der Waals surface area (Å²) in [4.78, 5) is 0.179. The molecule has 0 fully saturated rings. The van der Waals surface area contributed by atoms with Gasteiger partial charge in [0.2, 0.25) is 10.0 Å². The van der Waals surface area contributed by atoms with Crippen LogP contribution in [0.1, 0.15) is 26.2 Å². The lowest BCUT2D eigenvalue weighted by Gasteiger charge is -2.16. The first kappa shape index (κ1) is 17.4. The number of anilines is 1. The summed E-state index contributed by atoms with van der Waals surface area (Å²) in [7, 11) is -3.55. The summed E-state index contributed by atoms with van der Waals surface area (Å²) in [6, 6.07) is 4.51. The van der Waals surface area contributed by atoms with Crippen LogP contribution in [-0.2, 0) is 10.0 Å². The first-order valence-corrected chi connectivity index (χ1v) is 8.84. The maximum absolute atomic E-state index is 12.2. The summed E-state index contributed by atoms with van der Waals surface area (Å²) in [5, 5.41) is 8.98. The normalized spacial score (nSPS) is 13.3. The van der Waals surface area contributed by atoms with E-state index in [9.17, 15) is 8.42 Å². The van der Waals surface area contributed by atoms with Crippen molar-refractivity contribution in [2.45, 2.75) is 31.1 Å². The van der Waals surface area contributed by atoms with Gasteiger partial charge in [0.1, 0.15) is 0 Å². The van der Waals surface area contributed by atoms with E-state index < -0.39 is 10.0 Å². The minimum atomic E-state index is -3.55. The molecular formula is C13H21BrN2O3S. The number of hydrogen-bond donors (Lipinski definition) is 3. The Kier molecular flexibility index (Phi) is 6.94. The largest absolute Gasteiger partial charge is 0.398 e. The highest BCUT2D eigenvalue weighted by molar-refractivity contribution is 9.10. The zero-order valence-corrected chi connectivity index (χ0v) is 13.9. The standard InChI is InChI=1S/C13H21BrN2O3S/c1-2-3-10(6-7-17)9-16-20(18,19)11-4-5-13(15)12(14)8-11/h4-5,8,10,16-17H,2-3,6-7,9,15H2,1H3. The van der Waals surface area contributed by atoms with Crippen LogP contribution in [0, 0.1) is 5.92 Å². The van der Waals surface area contributed by atoms with E-state index in [0.29, 0.717) is 23.1 Å². The number of benzene rings is 1. The lowest BCUT2D eigenvalue weighted by molar-refractivity contribution is 0.251. The number of rotatable bonds is 8. The van der Waals surface area contributed by atoms with E-state index in [1.165, 1.54) is 12.1 Å². The molecule has 0 aliphatic carbocycles. The fourth-order valence-corrected chi connectivity index (χ4v) is 3.60. The number of sulfonamides is 1. The maximum atomic E-state index is 12.2. The molecule has 0 saturated carbocycles. The lowest BCUT2D eigenvalue weighted by Crippen LogP contribution is -2.30. The van der Waals surface area contributed by atoms with Crippen molar-refractivity contribution in [3.63, 3.8) is 0 Å². The first-order chi connectivity index (χ1) is 9.40. The van der Waals surface area contributed by atoms with Gasteiger partial charge in [-0.3, -0.25) is 0 Å². The molecule has 0 bridgehead atoms. The molecule has 0 aromatic heterocycles. The summed E-state index contributed by atoms with van der Waals surface area (Å²) < 4.78 is 27.5. The molecule has 0 spiro atoms. The molecule has 5 nitrogen and oxygen atoms in total. The van der Waals surface area contributed by atoms with E-state index in [1.54, 1.807) is 6.07 Å². The van der Waals surface area contributed by atoms with Crippen molar-refractivity contribution in [3.8, 4) is 0 Å². The molecule has 0 aliphatic heterocycles. The van der Waals surface area contributed by atoms with Crippen molar-refractivity contribution < 1.29 is 13.5 Å². The molecule has 1 unspecified atom stereocenters. The van der Waals surface area contributed by atoms with E-state index in [0.717, 1.165) is 12.8 Å². The van der Waals surface area contributed by atoms with Crippen LogP contribution < -0.4 is 10.5 Å². The van der Waals surface area contributed by atoms with E-state index in [1.807, 2.05) is 6.92 Å².